The zero-order valence-corrected chi connectivity index (χ0v) is 38.5. The Labute approximate surface area is 392 Å². The van der Waals surface area contributed by atoms with Gasteiger partial charge in [0.25, 0.3) is 35.8 Å². The second-order valence-corrected chi connectivity index (χ2v) is 19.5. The van der Waals surface area contributed by atoms with Gasteiger partial charge < -0.3 is 21.3 Å². The number of carbonyl (C=O) groups excluding carboxylic acids is 1. The molecule has 7 aromatic rings. The molecule has 2 aromatic heterocycles. The summed E-state index contributed by atoms with van der Waals surface area (Å²) in [5, 5.41) is 39.9. The van der Waals surface area contributed by atoms with Gasteiger partial charge in [-0.1, -0.05) is 6.07 Å². The van der Waals surface area contributed by atoms with Crippen LogP contribution in [-0.2, 0) is 34.9 Å². The van der Waals surface area contributed by atoms with Crippen molar-refractivity contribution in [2.75, 3.05) is 25.2 Å². The number of hydrogen-bond donors (Lipinski definition) is 7. The number of aromatic hydroxyl groups is 1. The van der Waals surface area contributed by atoms with Gasteiger partial charge >= 0.3 is 5.97 Å². The average molecular weight is 1000 g/mol. The quantitative estimate of drug-likeness (QED) is 0.0236. The summed E-state index contributed by atoms with van der Waals surface area (Å²) in [5.41, 5.74) is 7.66. The fourth-order valence-corrected chi connectivity index (χ4v) is 9.22. The van der Waals surface area contributed by atoms with Gasteiger partial charge in [0.1, 0.15) is 22.1 Å². The van der Waals surface area contributed by atoms with Crippen LogP contribution in [0.1, 0.15) is 23.0 Å². The molecule has 0 saturated carbocycles. The molecule has 26 heteroatoms. The Kier molecular flexibility index (Phi) is 16.6. The molecule has 0 saturated heterocycles. The van der Waals surface area contributed by atoms with Crippen molar-refractivity contribution in [1.29, 1.82) is 0 Å². The van der Waals surface area contributed by atoms with Gasteiger partial charge in [-0.2, -0.15) is 14.6 Å². The molecule has 0 spiro atoms. The first kappa shape index (κ1) is 50.7. The van der Waals surface area contributed by atoms with Crippen molar-refractivity contribution in [1.82, 2.24) is 9.36 Å². The molecule has 0 bridgehead atoms. The lowest BCUT2D eigenvalue weighted by atomic mass is 10.2. The Morgan fingerprint density at radius 3 is 1.75 bits per heavy atom. The predicted octanol–water partition coefficient (Wildman–Crippen LogP) is 7.89. The van der Waals surface area contributed by atoms with E-state index in [0.717, 1.165) is 17.2 Å². The van der Waals surface area contributed by atoms with E-state index in [0.29, 0.717) is 22.1 Å². The summed E-state index contributed by atoms with van der Waals surface area (Å²) in [7, 11) is -11.2. The number of rotatable bonds is 14. The van der Waals surface area contributed by atoms with Crippen molar-refractivity contribution in [3.63, 3.8) is 0 Å². The third kappa shape index (κ3) is 14.9. The van der Waals surface area contributed by atoms with Gasteiger partial charge in [-0.25, -0.2) is 35.0 Å². The molecule has 5 aromatic carbocycles. The van der Waals surface area contributed by atoms with Crippen LogP contribution in [0.5, 0.6) is 5.75 Å². The number of nitrogens with two attached hydrogens (primary N) is 1. The molecule has 7 rings (SSSR count). The van der Waals surface area contributed by atoms with Crippen molar-refractivity contribution >= 4 is 98.4 Å². The molecule has 0 fully saturated rings. The number of non-ortho nitro benzene ring substituents is 1. The number of nitrogen functional groups attached to an aromatic ring is 1. The van der Waals surface area contributed by atoms with E-state index in [1.54, 1.807) is 37.3 Å². The van der Waals surface area contributed by atoms with Crippen LogP contribution >= 0.6 is 11.5 Å². The first-order valence-corrected chi connectivity index (χ1v) is 24.3. The van der Waals surface area contributed by atoms with E-state index in [1.807, 2.05) is 0 Å². The predicted molar refractivity (Wildman–Crippen MR) is 254 cm³/mol. The number of anilines is 5. The fraction of sp³-hybridized carbons (Fsp3) is 0.0476. The summed E-state index contributed by atoms with van der Waals surface area (Å²) in [6, 6.07) is 32.6. The maximum atomic E-state index is 12.3. The maximum Gasteiger partial charge on any atom is 0.339 e. The SMILES string of the molecule is CC(=O)Nc1ccc(S(=O)(=O)Nc2ccc([N+](=O)[O-])cc2)cc1.Cc1cc(NS(=O)(=O)c2ccc(N)cc2)sn1.O=C(O)c1cc(N=Nc2ccc(S(=O)(=O)Nc3ccccn3)cc2)ccc1O. The lowest BCUT2D eigenvalue weighted by Gasteiger charge is -2.09. The Bertz CT molecular complexity index is 3270. The highest BCUT2D eigenvalue weighted by Gasteiger charge is 2.18. The second kappa shape index (κ2) is 22.2. The number of pyridine rings is 1. The number of amides is 1. The largest absolute Gasteiger partial charge is 0.507 e. The van der Waals surface area contributed by atoms with Crippen molar-refractivity contribution in [2.45, 2.75) is 28.5 Å². The number of benzene rings is 5. The molecule has 68 heavy (non-hydrogen) atoms. The first-order valence-electron chi connectivity index (χ1n) is 19.1. The topological polar surface area (TPSA) is 345 Å². The number of azo groups is 1. The number of nitro groups is 1. The Balaban J connectivity index is 0.000000196. The van der Waals surface area contributed by atoms with Gasteiger partial charge in [0.05, 0.1) is 36.7 Å². The molecule has 0 aliphatic heterocycles. The number of nitrogens with zero attached hydrogens (tertiary/aromatic N) is 5. The highest BCUT2D eigenvalue weighted by Crippen LogP contribution is 2.27. The number of carboxylic acids is 1. The molecular formula is C42H38N10O12S4. The summed E-state index contributed by atoms with van der Waals surface area (Å²) in [5.74, 6) is -1.72. The minimum absolute atomic E-state index is 0.00459. The Morgan fingerprint density at radius 1 is 0.691 bits per heavy atom. The normalized spacial score (nSPS) is 11.2. The highest BCUT2D eigenvalue weighted by atomic mass is 32.2. The van der Waals surface area contributed by atoms with E-state index in [4.69, 9.17) is 10.8 Å². The molecule has 0 aliphatic rings. The number of aromatic carboxylic acids is 1. The zero-order valence-electron chi connectivity index (χ0n) is 35.3. The molecule has 352 valence electrons. The number of nitrogens with one attached hydrogen (secondary N) is 4. The van der Waals surface area contributed by atoms with Crippen LogP contribution in [0.2, 0.25) is 0 Å². The number of sulfonamides is 3. The third-order valence-corrected chi connectivity index (χ3v) is 13.5. The van der Waals surface area contributed by atoms with Gasteiger partial charge in [0.15, 0.2) is 0 Å². The number of hydrogen-bond acceptors (Lipinski definition) is 17. The highest BCUT2D eigenvalue weighted by molar-refractivity contribution is 7.93. The van der Waals surface area contributed by atoms with E-state index in [2.05, 4.69) is 39.1 Å². The van der Waals surface area contributed by atoms with E-state index in [1.165, 1.54) is 122 Å². The Morgan fingerprint density at radius 2 is 1.22 bits per heavy atom. The number of aryl methyl sites for hydroxylation is 1. The number of carboxylic acid groups (broad SMARTS) is 1. The number of phenols is 1. The minimum Gasteiger partial charge on any atom is -0.507 e. The number of nitro benzene ring substituents is 1. The average Bonchev–Trinajstić information content (AvgIpc) is 3.70. The van der Waals surface area contributed by atoms with E-state index < -0.39 is 41.0 Å². The van der Waals surface area contributed by atoms with Gasteiger partial charge in [0.2, 0.25) is 5.91 Å². The third-order valence-electron chi connectivity index (χ3n) is 8.41. The van der Waals surface area contributed by atoms with E-state index >= 15 is 0 Å². The molecule has 0 unspecified atom stereocenters. The number of aromatic nitrogens is 2. The molecule has 1 amide bonds. The summed E-state index contributed by atoms with van der Waals surface area (Å²) < 4.78 is 84.2. The molecule has 2 heterocycles. The van der Waals surface area contributed by atoms with Crippen LogP contribution in [0, 0.1) is 17.0 Å². The van der Waals surface area contributed by atoms with E-state index in [-0.39, 0.29) is 54.8 Å². The summed E-state index contributed by atoms with van der Waals surface area (Å²) >= 11 is 1.11. The fourth-order valence-electron chi connectivity index (χ4n) is 5.22. The molecule has 0 atom stereocenters. The van der Waals surface area contributed by atoms with Crippen molar-refractivity contribution in [2.24, 2.45) is 10.2 Å². The molecule has 0 radical (unpaired) electrons. The van der Waals surface area contributed by atoms with Crippen LogP contribution in [0.15, 0.2) is 171 Å². The smallest absolute Gasteiger partial charge is 0.339 e. The number of carbonyl (C=O) groups is 2. The standard InChI is InChI=1S/C18H14N4O5S.C14H13N3O5S.C10H11N3O2S2/c23-16-9-6-13(11-15(16)18(24)25)21-20-12-4-7-14(8-5-12)28(26,27)22-17-3-1-2-10-19-17;1-10(18)15-11-4-8-14(9-5-11)23(21,22)16-12-2-6-13(7-3-12)17(19)20;1-7-6-10(16-12-7)13-17(14,15)9-4-2-8(11)3-5-9/h1-11,23H,(H,19,22)(H,24,25);2-9,16H,1H3,(H,15,18);2-6,13H,11H2,1H3. The zero-order chi connectivity index (χ0) is 49.6. The monoisotopic (exact) mass is 1000 g/mol. The molecule has 8 N–H and O–H groups in total. The summed E-state index contributed by atoms with van der Waals surface area (Å²) in [6.07, 6.45) is 1.47. The van der Waals surface area contributed by atoms with Crippen molar-refractivity contribution in [3.05, 3.63) is 167 Å². The van der Waals surface area contributed by atoms with Crippen LogP contribution < -0.4 is 25.2 Å². The van der Waals surface area contributed by atoms with Gasteiger partial charge in [-0.15, -0.1) is 0 Å². The molecular weight excluding hydrogens is 965 g/mol. The lowest BCUT2D eigenvalue weighted by molar-refractivity contribution is -0.384. The van der Waals surface area contributed by atoms with Gasteiger partial charge in [-0.05, 0) is 140 Å². The van der Waals surface area contributed by atoms with Crippen molar-refractivity contribution < 1.29 is 50.0 Å². The summed E-state index contributed by atoms with van der Waals surface area (Å²) in [6.45, 7) is 3.15. The maximum absolute atomic E-state index is 12.3. The van der Waals surface area contributed by atoms with Crippen LogP contribution in [-0.4, -0.2) is 61.6 Å². The first-order chi connectivity index (χ1) is 32.1. The molecule has 22 nitrogen and oxygen atoms in total. The lowest BCUT2D eigenvalue weighted by Crippen LogP contribution is -2.13. The Hall–Kier alpha value is -8.33. The summed E-state index contributed by atoms with van der Waals surface area (Å²) in [4.78, 5) is 36.0. The minimum atomic E-state index is -3.82. The van der Waals surface area contributed by atoms with Crippen molar-refractivity contribution in [3.8, 4) is 5.75 Å². The van der Waals surface area contributed by atoms with Gasteiger partial charge in [0, 0.05) is 42.3 Å². The van der Waals surface area contributed by atoms with Crippen LogP contribution in [0.4, 0.5) is 44.9 Å². The van der Waals surface area contributed by atoms with E-state index in [9.17, 15) is 50.1 Å². The van der Waals surface area contributed by atoms with Crippen LogP contribution in [0.25, 0.3) is 0 Å². The molecule has 0 aliphatic carbocycles. The van der Waals surface area contributed by atoms with Gasteiger partial charge in [-0.3, -0.25) is 29.1 Å². The second-order valence-electron chi connectivity index (χ2n) is 13.6. The van der Waals surface area contributed by atoms with Crippen LogP contribution in [0.3, 0.4) is 0 Å².